The van der Waals surface area contributed by atoms with E-state index in [0.717, 1.165) is 12.5 Å². The average molecular weight is 266 g/mol. The first-order chi connectivity index (χ1) is 9.19. The SMILES string of the molecule is CNc1cc([N+](=O)[O-])cc(NCCOCC2CC2)n1. The molecule has 7 heteroatoms. The van der Waals surface area contributed by atoms with Crippen LogP contribution in [0.5, 0.6) is 0 Å². The van der Waals surface area contributed by atoms with Gasteiger partial charge in [-0.25, -0.2) is 4.98 Å². The molecule has 19 heavy (non-hydrogen) atoms. The third kappa shape index (κ3) is 4.36. The Morgan fingerprint density at radius 2 is 2.21 bits per heavy atom. The molecule has 0 radical (unpaired) electrons. The molecule has 0 unspecified atom stereocenters. The first-order valence-corrected chi connectivity index (χ1v) is 6.35. The zero-order valence-electron chi connectivity index (χ0n) is 10.9. The maximum atomic E-state index is 10.8. The maximum absolute atomic E-state index is 10.8. The molecule has 0 aromatic carbocycles. The number of rotatable bonds is 8. The number of ether oxygens (including phenoxy) is 1. The molecule has 0 spiro atoms. The highest BCUT2D eigenvalue weighted by molar-refractivity contribution is 5.54. The van der Waals surface area contributed by atoms with Crippen molar-refractivity contribution in [3.63, 3.8) is 0 Å². The molecule has 1 aliphatic carbocycles. The van der Waals surface area contributed by atoms with Gasteiger partial charge in [0.05, 0.1) is 23.7 Å². The van der Waals surface area contributed by atoms with Gasteiger partial charge < -0.3 is 15.4 Å². The summed E-state index contributed by atoms with van der Waals surface area (Å²) >= 11 is 0. The molecule has 7 nitrogen and oxygen atoms in total. The highest BCUT2D eigenvalue weighted by Crippen LogP contribution is 2.28. The Bertz CT molecular complexity index is 449. The zero-order chi connectivity index (χ0) is 13.7. The number of nitro groups is 1. The number of aromatic nitrogens is 1. The van der Waals surface area contributed by atoms with E-state index >= 15 is 0 Å². The van der Waals surface area contributed by atoms with Crippen LogP contribution in [0, 0.1) is 16.0 Å². The van der Waals surface area contributed by atoms with Crippen LogP contribution in [0.3, 0.4) is 0 Å². The normalized spacial score (nSPS) is 14.2. The summed E-state index contributed by atoms with van der Waals surface area (Å²) in [5.41, 5.74) is 0.0146. The second kappa shape index (κ2) is 6.33. The zero-order valence-corrected chi connectivity index (χ0v) is 10.9. The van der Waals surface area contributed by atoms with Gasteiger partial charge in [0, 0.05) is 20.2 Å². The van der Waals surface area contributed by atoms with Gasteiger partial charge >= 0.3 is 0 Å². The van der Waals surface area contributed by atoms with Gasteiger partial charge in [0.1, 0.15) is 11.6 Å². The molecule has 0 amide bonds. The highest BCUT2D eigenvalue weighted by atomic mass is 16.6. The fourth-order valence-corrected chi connectivity index (χ4v) is 1.63. The number of pyridine rings is 1. The Morgan fingerprint density at radius 3 is 2.84 bits per heavy atom. The summed E-state index contributed by atoms with van der Waals surface area (Å²) in [6.07, 6.45) is 2.54. The van der Waals surface area contributed by atoms with Crippen molar-refractivity contribution in [2.75, 3.05) is 37.4 Å². The molecule has 2 N–H and O–H groups in total. The topological polar surface area (TPSA) is 89.3 Å². The van der Waals surface area contributed by atoms with Crippen LogP contribution in [0.15, 0.2) is 12.1 Å². The van der Waals surface area contributed by atoms with Crippen molar-refractivity contribution in [2.24, 2.45) is 5.92 Å². The van der Waals surface area contributed by atoms with Gasteiger partial charge in [0.25, 0.3) is 5.69 Å². The first kappa shape index (κ1) is 13.5. The molecule has 104 valence electrons. The molecule has 2 rings (SSSR count). The number of nitrogens with zero attached hydrogens (tertiary/aromatic N) is 2. The van der Waals surface area contributed by atoms with Crippen molar-refractivity contribution in [1.82, 2.24) is 4.98 Å². The lowest BCUT2D eigenvalue weighted by atomic mass is 10.3. The standard InChI is InChI=1S/C12H18N4O3/c1-13-11-6-10(16(17)18)7-12(15-11)14-4-5-19-8-9-2-3-9/h6-7,9H,2-5,8H2,1H3,(H2,13,14,15). The largest absolute Gasteiger partial charge is 0.379 e. The minimum absolute atomic E-state index is 0.0146. The lowest BCUT2D eigenvalue weighted by Crippen LogP contribution is -2.12. The lowest BCUT2D eigenvalue weighted by Gasteiger charge is -2.08. The molecule has 1 aromatic heterocycles. The minimum atomic E-state index is -0.433. The van der Waals surface area contributed by atoms with Crippen molar-refractivity contribution in [2.45, 2.75) is 12.8 Å². The van der Waals surface area contributed by atoms with E-state index in [0.29, 0.717) is 24.8 Å². The van der Waals surface area contributed by atoms with E-state index in [9.17, 15) is 10.1 Å². The second-order valence-corrected chi connectivity index (χ2v) is 4.55. The van der Waals surface area contributed by atoms with Crippen LogP contribution in [0.25, 0.3) is 0 Å². The fourth-order valence-electron chi connectivity index (χ4n) is 1.63. The molecule has 0 atom stereocenters. The summed E-state index contributed by atoms with van der Waals surface area (Å²) in [6.45, 7) is 1.98. The average Bonchev–Trinajstić information content (AvgIpc) is 3.22. The number of anilines is 2. The molecule has 1 aromatic rings. The smallest absolute Gasteiger partial charge is 0.276 e. The van der Waals surface area contributed by atoms with Crippen LogP contribution < -0.4 is 10.6 Å². The van der Waals surface area contributed by atoms with Gasteiger partial charge in [0.2, 0.25) is 0 Å². The van der Waals surface area contributed by atoms with Crippen LogP contribution in [-0.2, 0) is 4.74 Å². The van der Waals surface area contributed by atoms with Crippen LogP contribution in [-0.4, -0.2) is 36.7 Å². The Labute approximate surface area is 111 Å². The molecule has 0 bridgehead atoms. The summed E-state index contributed by atoms with van der Waals surface area (Å²) < 4.78 is 5.47. The number of hydrogen-bond acceptors (Lipinski definition) is 6. The van der Waals surface area contributed by atoms with Gasteiger partial charge in [-0.1, -0.05) is 0 Å². The van der Waals surface area contributed by atoms with E-state index in [4.69, 9.17) is 4.74 Å². The molecule has 1 heterocycles. The fraction of sp³-hybridized carbons (Fsp3) is 0.583. The number of nitrogens with one attached hydrogen (secondary N) is 2. The molecular weight excluding hydrogens is 248 g/mol. The van der Waals surface area contributed by atoms with Crippen LogP contribution in [0.1, 0.15) is 12.8 Å². The van der Waals surface area contributed by atoms with Crippen LogP contribution >= 0.6 is 0 Å². The molecular formula is C12H18N4O3. The van der Waals surface area contributed by atoms with Crippen molar-refractivity contribution >= 4 is 17.3 Å². The van der Waals surface area contributed by atoms with Crippen molar-refractivity contribution in [3.05, 3.63) is 22.2 Å². The lowest BCUT2D eigenvalue weighted by molar-refractivity contribution is -0.384. The van der Waals surface area contributed by atoms with Gasteiger partial charge in [-0.15, -0.1) is 0 Å². The van der Waals surface area contributed by atoms with Crippen LogP contribution in [0.2, 0.25) is 0 Å². The Kier molecular flexibility index (Phi) is 4.51. The van der Waals surface area contributed by atoms with Crippen molar-refractivity contribution in [1.29, 1.82) is 0 Å². The predicted molar refractivity (Wildman–Crippen MR) is 72.5 cm³/mol. The highest BCUT2D eigenvalue weighted by Gasteiger charge is 2.20. The van der Waals surface area contributed by atoms with E-state index in [1.54, 1.807) is 7.05 Å². The first-order valence-electron chi connectivity index (χ1n) is 6.35. The third-order valence-corrected chi connectivity index (χ3v) is 2.88. The van der Waals surface area contributed by atoms with E-state index < -0.39 is 4.92 Å². The summed E-state index contributed by atoms with van der Waals surface area (Å²) in [7, 11) is 1.68. The Hall–Kier alpha value is -1.89. The quantitative estimate of drug-likeness (QED) is 0.424. The Balaban J connectivity index is 1.83. The van der Waals surface area contributed by atoms with E-state index in [-0.39, 0.29) is 5.69 Å². The van der Waals surface area contributed by atoms with Gasteiger partial charge in [0.15, 0.2) is 0 Å². The van der Waals surface area contributed by atoms with Gasteiger partial charge in [-0.3, -0.25) is 10.1 Å². The summed E-state index contributed by atoms with van der Waals surface area (Å²) in [5.74, 6) is 1.69. The van der Waals surface area contributed by atoms with Crippen molar-refractivity contribution in [3.8, 4) is 0 Å². The number of hydrogen-bond donors (Lipinski definition) is 2. The summed E-state index contributed by atoms with van der Waals surface area (Å²) in [4.78, 5) is 14.5. The molecule has 1 fully saturated rings. The van der Waals surface area contributed by atoms with E-state index in [1.807, 2.05) is 0 Å². The van der Waals surface area contributed by atoms with E-state index in [2.05, 4.69) is 15.6 Å². The Morgan fingerprint density at radius 1 is 1.47 bits per heavy atom. The monoisotopic (exact) mass is 266 g/mol. The maximum Gasteiger partial charge on any atom is 0.276 e. The summed E-state index contributed by atoms with van der Waals surface area (Å²) in [5, 5.41) is 16.6. The van der Waals surface area contributed by atoms with Crippen LogP contribution in [0.4, 0.5) is 17.3 Å². The predicted octanol–water partition coefficient (Wildman–Crippen LogP) is 1.87. The molecule has 1 saturated carbocycles. The van der Waals surface area contributed by atoms with Gasteiger partial charge in [-0.05, 0) is 18.8 Å². The molecule has 0 saturated heterocycles. The second-order valence-electron chi connectivity index (χ2n) is 4.55. The summed E-state index contributed by atoms with van der Waals surface area (Å²) in [6, 6.07) is 2.82. The molecule has 1 aliphatic rings. The third-order valence-electron chi connectivity index (χ3n) is 2.88. The van der Waals surface area contributed by atoms with Gasteiger partial charge in [-0.2, -0.15) is 0 Å². The molecule has 0 aliphatic heterocycles. The van der Waals surface area contributed by atoms with E-state index in [1.165, 1.54) is 25.0 Å². The minimum Gasteiger partial charge on any atom is -0.379 e. The van der Waals surface area contributed by atoms with Crippen molar-refractivity contribution < 1.29 is 9.66 Å².